The summed E-state index contributed by atoms with van der Waals surface area (Å²) in [5, 5.41) is 5.59. The van der Waals surface area contributed by atoms with Crippen LogP contribution in [0, 0.1) is 13.8 Å². The Morgan fingerprint density at radius 3 is 2.50 bits per heavy atom. The zero-order chi connectivity index (χ0) is 21.7. The molecule has 3 rings (SSSR count). The van der Waals surface area contributed by atoms with Gasteiger partial charge in [0.2, 0.25) is 0 Å². The van der Waals surface area contributed by atoms with Crippen LogP contribution in [0.3, 0.4) is 0 Å². The highest BCUT2D eigenvalue weighted by molar-refractivity contribution is 6.00. The molecular weight excluding hydrogens is 386 g/mol. The summed E-state index contributed by atoms with van der Waals surface area (Å²) in [7, 11) is 1.30. The number of aromatic amines is 1. The van der Waals surface area contributed by atoms with E-state index < -0.39 is 5.97 Å². The second-order valence-corrected chi connectivity index (χ2v) is 6.76. The van der Waals surface area contributed by atoms with Crippen LogP contribution in [0.15, 0.2) is 47.1 Å². The molecule has 3 aromatic rings. The summed E-state index contributed by atoms with van der Waals surface area (Å²) in [6, 6.07) is 10.5. The van der Waals surface area contributed by atoms with Crippen LogP contribution in [0.1, 0.15) is 53.8 Å². The standard InChI is InChI=1S/C22H23N3O5/c1-13-18(22(28)29-3)14(2)25-19(13)21(27)23-11-15-6-4-7-16(10-15)20(26)24-12-17-8-5-9-30-17/h4-10,25H,11-12H2,1-3H3,(H,23,27)(H,24,26). The molecule has 0 aliphatic rings. The summed E-state index contributed by atoms with van der Waals surface area (Å²) in [5.74, 6) is -0.417. The van der Waals surface area contributed by atoms with E-state index in [2.05, 4.69) is 15.6 Å². The van der Waals surface area contributed by atoms with Crippen LogP contribution in [0.2, 0.25) is 0 Å². The lowest BCUT2D eigenvalue weighted by Gasteiger charge is -2.08. The number of furan rings is 1. The molecule has 1 aromatic carbocycles. The largest absolute Gasteiger partial charge is 0.467 e. The van der Waals surface area contributed by atoms with Gasteiger partial charge in [-0.3, -0.25) is 9.59 Å². The lowest BCUT2D eigenvalue weighted by molar-refractivity contribution is 0.0599. The Labute approximate surface area is 173 Å². The van der Waals surface area contributed by atoms with E-state index in [1.54, 1.807) is 50.4 Å². The Morgan fingerprint density at radius 1 is 1.03 bits per heavy atom. The van der Waals surface area contributed by atoms with Gasteiger partial charge in [-0.1, -0.05) is 12.1 Å². The molecule has 0 bridgehead atoms. The van der Waals surface area contributed by atoms with E-state index in [0.717, 1.165) is 5.56 Å². The van der Waals surface area contributed by atoms with Gasteiger partial charge in [-0.2, -0.15) is 0 Å². The zero-order valence-electron chi connectivity index (χ0n) is 17.0. The molecule has 8 nitrogen and oxygen atoms in total. The quantitative estimate of drug-likeness (QED) is 0.519. The van der Waals surface area contributed by atoms with E-state index in [9.17, 15) is 14.4 Å². The van der Waals surface area contributed by atoms with E-state index in [0.29, 0.717) is 40.4 Å². The van der Waals surface area contributed by atoms with Gasteiger partial charge in [0.25, 0.3) is 11.8 Å². The second kappa shape index (κ2) is 9.13. The third-order valence-corrected chi connectivity index (χ3v) is 4.70. The van der Waals surface area contributed by atoms with Crippen LogP contribution in [0.25, 0.3) is 0 Å². The first-order valence-electron chi connectivity index (χ1n) is 9.36. The van der Waals surface area contributed by atoms with Gasteiger partial charge in [0.05, 0.1) is 25.5 Å². The molecule has 0 aliphatic heterocycles. The minimum absolute atomic E-state index is 0.225. The first-order chi connectivity index (χ1) is 14.4. The van der Waals surface area contributed by atoms with Crippen molar-refractivity contribution < 1.29 is 23.5 Å². The van der Waals surface area contributed by atoms with Crippen LogP contribution in [0.5, 0.6) is 0 Å². The van der Waals surface area contributed by atoms with E-state index in [-0.39, 0.29) is 18.4 Å². The smallest absolute Gasteiger partial charge is 0.339 e. The highest BCUT2D eigenvalue weighted by Gasteiger charge is 2.22. The number of carbonyl (C=O) groups excluding carboxylic acids is 3. The predicted octanol–water partition coefficient (Wildman–Crippen LogP) is 2.87. The Hall–Kier alpha value is -3.81. The van der Waals surface area contributed by atoms with Gasteiger partial charge >= 0.3 is 5.97 Å². The summed E-state index contributed by atoms with van der Waals surface area (Å²) in [6.07, 6.45) is 1.55. The van der Waals surface area contributed by atoms with Crippen molar-refractivity contribution in [2.24, 2.45) is 0 Å². The molecule has 0 fully saturated rings. The summed E-state index contributed by atoms with van der Waals surface area (Å²) >= 11 is 0. The first-order valence-corrected chi connectivity index (χ1v) is 9.36. The van der Waals surface area contributed by atoms with Gasteiger partial charge in [0.1, 0.15) is 11.5 Å². The van der Waals surface area contributed by atoms with E-state index >= 15 is 0 Å². The van der Waals surface area contributed by atoms with Crippen molar-refractivity contribution in [2.75, 3.05) is 7.11 Å². The summed E-state index contributed by atoms with van der Waals surface area (Å²) in [4.78, 5) is 39.7. The number of methoxy groups -OCH3 is 1. The first kappa shape index (κ1) is 20.9. The third-order valence-electron chi connectivity index (χ3n) is 4.70. The highest BCUT2D eigenvalue weighted by atomic mass is 16.5. The predicted molar refractivity (Wildman–Crippen MR) is 109 cm³/mol. The number of hydrogen-bond acceptors (Lipinski definition) is 5. The number of rotatable bonds is 7. The Bertz CT molecular complexity index is 1070. The second-order valence-electron chi connectivity index (χ2n) is 6.76. The van der Waals surface area contributed by atoms with E-state index in [4.69, 9.17) is 9.15 Å². The Morgan fingerprint density at radius 2 is 1.80 bits per heavy atom. The normalized spacial score (nSPS) is 10.5. The van der Waals surface area contributed by atoms with Crippen molar-refractivity contribution in [3.8, 4) is 0 Å². The molecule has 0 spiro atoms. The fraction of sp³-hybridized carbons (Fsp3) is 0.227. The molecule has 0 radical (unpaired) electrons. The number of nitrogens with one attached hydrogen (secondary N) is 3. The van der Waals surface area contributed by atoms with Crippen molar-refractivity contribution in [1.82, 2.24) is 15.6 Å². The van der Waals surface area contributed by atoms with Crippen molar-refractivity contribution in [3.63, 3.8) is 0 Å². The van der Waals surface area contributed by atoms with E-state index in [1.165, 1.54) is 7.11 Å². The Kier molecular flexibility index (Phi) is 6.36. The Balaban J connectivity index is 1.63. The number of aryl methyl sites for hydroxylation is 1. The van der Waals surface area contributed by atoms with Crippen LogP contribution < -0.4 is 10.6 Å². The fourth-order valence-electron chi connectivity index (χ4n) is 3.16. The highest BCUT2D eigenvalue weighted by Crippen LogP contribution is 2.19. The van der Waals surface area contributed by atoms with Crippen LogP contribution in [-0.2, 0) is 17.8 Å². The molecule has 0 saturated heterocycles. The summed E-state index contributed by atoms with van der Waals surface area (Å²) < 4.78 is 9.96. The van der Waals surface area contributed by atoms with Crippen LogP contribution in [0.4, 0.5) is 0 Å². The number of H-pyrrole nitrogens is 1. The molecule has 2 amide bonds. The maximum Gasteiger partial charge on any atom is 0.339 e. The topological polar surface area (TPSA) is 113 Å². The summed E-state index contributed by atoms with van der Waals surface area (Å²) in [5.41, 5.74) is 3.01. The third kappa shape index (κ3) is 4.60. The maximum atomic E-state index is 12.6. The van der Waals surface area contributed by atoms with Gasteiger partial charge in [0.15, 0.2) is 0 Å². The molecule has 0 saturated carbocycles. The van der Waals surface area contributed by atoms with Crippen LogP contribution in [-0.4, -0.2) is 29.9 Å². The molecule has 0 atom stereocenters. The lowest BCUT2D eigenvalue weighted by atomic mass is 10.1. The molecule has 3 N–H and O–H groups in total. The number of esters is 1. The maximum absolute atomic E-state index is 12.6. The van der Waals surface area contributed by atoms with Crippen molar-refractivity contribution in [1.29, 1.82) is 0 Å². The minimum Gasteiger partial charge on any atom is -0.467 e. The number of benzene rings is 1. The number of aromatic nitrogens is 1. The SMILES string of the molecule is COC(=O)c1c(C)[nH]c(C(=O)NCc2cccc(C(=O)NCc3ccco3)c2)c1C. The van der Waals surface area contributed by atoms with Gasteiger partial charge in [-0.25, -0.2) is 4.79 Å². The zero-order valence-corrected chi connectivity index (χ0v) is 17.0. The van der Waals surface area contributed by atoms with E-state index in [1.807, 2.05) is 6.07 Å². The molecular formula is C22H23N3O5. The van der Waals surface area contributed by atoms with Crippen molar-refractivity contribution >= 4 is 17.8 Å². The number of carbonyl (C=O) groups is 3. The van der Waals surface area contributed by atoms with Gasteiger partial charge < -0.3 is 24.8 Å². The van der Waals surface area contributed by atoms with Gasteiger partial charge in [0, 0.05) is 17.8 Å². The number of amides is 2. The average Bonchev–Trinajstić information content (AvgIpc) is 3.37. The number of hydrogen-bond donors (Lipinski definition) is 3. The average molecular weight is 409 g/mol. The molecule has 156 valence electrons. The summed E-state index contributed by atoms with van der Waals surface area (Å²) in [6.45, 7) is 3.92. The lowest BCUT2D eigenvalue weighted by Crippen LogP contribution is -2.25. The molecule has 8 heteroatoms. The molecule has 0 aliphatic carbocycles. The molecule has 2 heterocycles. The van der Waals surface area contributed by atoms with Gasteiger partial charge in [-0.15, -0.1) is 0 Å². The van der Waals surface area contributed by atoms with Crippen molar-refractivity contribution in [3.05, 3.63) is 82.1 Å². The molecule has 30 heavy (non-hydrogen) atoms. The van der Waals surface area contributed by atoms with Crippen LogP contribution >= 0.6 is 0 Å². The number of ether oxygens (including phenoxy) is 1. The fourth-order valence-corrected chi connectivity index (χ4v) is 3.16. The monoisotopic (exact) mass is 409 g/mol. The molecule has 2 aromatic heterocycles. The van der Waals surface area contributed by atoms with Crippen molar-refractivity contribution in [2.45, 2.75) is 26.9 Å². The minimum atomic E-state index is -0.492. The van der Waals surface area contributed by atoms with Gasteiger partial charge in [-0.05, 0) is 49.2 Å². The molecule has 0 unspecified atom stereocenters.